The molecule has 2 aliphatic rings. The minimum Gasteiger partial charge on any atom is -0.370 e. The highest BCUT2D eigenvalue weighted by atomic mass is 16.5. The van der Waals surface area contributed by atoms with E-state index in [1.807, 2.05) is 0 Å². The second-order valence-electron chi connectivity index (χ2n) is 5.82. The Labute approximate surface area is 113 Å². The molecule has 3 rings (SSSR count). The fourth-order valence-electron chi connectivity index (χ4n) is 3.02. The van der Waals surface area contributed by atoms with Gasteiger partial charge >= 0.3 is 0 Å². The second kappa shape index (κ2) is 5.09. The molecule has 0 bridgehead atoms. The molecule has 19 heavy (non-hydrogen) atoms. The van der Waals surface area contributed by atoms with Crippen LogP contribution in [-0.2, 0) is 4.74 Å². The molecule has 0 radical (unpaired) electrons. The van der Waals surface area contributed by atoms with E-state index in [1.54, 1.807) is 0 Å². The van der Waals surface area contributed by atoms with E-state index in [1.165, 1.54) is 0 Å². The van der Waals surface area contributed by atoms with Crippen molar-refractivity contribution >= 4 is 5.95 Å². The third kappa shape index (κ3) is 2.34. The van der Waals surface area contributed by atoms with Crippen LogP contribution in [0.5, 0.6) is 0 Å². The molecule has 1 aromatic rings. The van der Waals surface area contributed by atoms with Crippen LogP contribution in [0.15, 0.2) is 0 Å². The van der Waals surface area contributed by atoms with Crippen LogP contribution in [0, 0.1) is 5.92 Å². The number of hydrogen-bond donors (Lipinski definition) is 2. The van der Waals surface area contributed by atoms with Gasteiger partial charge in [-0.3, -0.25) is 5.10 Å². The third-order valence-electron chi connectivity index (χ3n) is 4.45. The first-order valence-corrected chi connectivity index (χ1v) is 7.23. The molecule has 3 N–H and O–H groups in total. The molecule has 4 atom stereocenters. The lowest BCUT2D eigenvalue weighted by molar-refractivity contribution is 0.0876. The smallest absolute Gasteiger partial charge is 0.245 e. The first kappa shape index (κ1) is 12.9. The maximum Gasteiger partial charge on any atom is 0.245 e. The highest BCUT2D eigenvalue weighted by Crippen LogP contribution is 2.33. The third-order valence-corrected chi connectivity index (χ3v) is 4.45. The van der Waals surface area contributed by atoms with E-state index in [9.17, 15) is 0 Å². The molecule has 0 saturated carbocycles. The molecule has 106 valence electrons. The van der Waals surface area contributed by atoms with Gasteiger partial charge in [-0.2, -0.15) is 4.98 Å². The minimum atomic E-state index is 0.0648. The first-order chi connectivity index (χ1) is 9.16. The SMILES string of the molecule is CC1CCOC1c1nc(N2CCCC(N)C2C)n[nH]1. The predicted molar refractivity (Wildman–Crippen MR) is 72.9 cm³/mol. The van der Waals surface area contributed by atoms with Gasteiger partial charge in [-0.15, -0.1) is 5.10 Å². The number of rotatable bonds is 2. The molecule has 0 aromatic carbocycles. The Hall–Kier alpha value is -1.14. The summed E-state index contributed by atoms with van der Waals surface area (Å²) < 4.78 is 5.72. The van der Waals surface area contributed by atoms with Gasteiger partial charge in [0.2, 0.25) is 5.95 Å². The summed E-state index contributed by atoms with van der Waals surface area (Å²) in [6.45, 7) is 6.13. The van der Waals surface area contributed by atoms with Gasteiger partial charge in [-0.05, 0) is 32.1 Å². The monoisotopic (exact) mass is 265 g/mol. The number of nitrogens with zero attached hydrogens (tertiary/aromatic N) is 3. The van der Waals surface area contributed by atoms with Crippen LogP contribution in [0.25, 0.3) is 0 Å². The van der Waals surface area contributed by atoms with E-state index in [-0.39, 0.29) is 12.1 Å². The molecule has 0 aliphatic carbocycles. The topological polar surface area (TPSA) is 80.1 Å². The van der Waals surface area contributed by atoms with Crippen LogP contribution in [0.1, 0.15) is 45.0 Å². The second-order valence-corrected chi connectivity index (χ2v) is 5.82. The molecule has 3 heterocycles. The average molecular weight is 265 g/mol. The Bertz CT molecular complexity index is 434. The predicted octanol–water partition coefficient (Wildman–Crippen LogP) is 1.22. The fourth-order valence-corrected chi connectivity index (χ4v) is 3.02. The molecule has 2 saturated heterocycles. The number of ether oxygens (including phenoxy) is 1. The van der Waals surface area contributed by atoms with E-state index >= 15 is 0 Å². The van der Waals surface area contributed by atoms with Gasteiger partial charge in [0.25, 0.3) is 0 Å². The Balaban J connectivity index is 1.77. The van der Waals surface area contributed by atoms with Crippen molar-refractivity contribution in [3.63, 3.8) is 0 Å². The molecular formula is C13H23N5O. The maximum atomic E-state index is 6.12. The summed E-state index contributed by atoms with van der Waals surface area (Å²) in [5.74, 6) is 2.12. The lowest BCUT2D eigenvalue weighted by atomic mass is 9.99. The van der Waals surface area contributed by atoms with Crippen LogP contribution < -0.4 is 10.6 Å². The van der Waals surface area contributed by atoms with E-state index in [0.29, 0.717) is 12.0 Å². The summed E-state index contributed by atoms with van der Waals surface area (Å²) in [7, 11) is 0. The fraction of sp³-hybridized carbons (Fsp3) is 0.846. The van der Waals surface area contributed by atoms with Crippen LogP contribution >= 0.6 is 0 Å². The summed E-state index contributed by atoms with van der Waals surface area (Å²) >= 11 is 0. The summed E-state index contributed by atoms with van der Waals surface area (Å²) in [4.78, 5) is 6.83. The van der Waals surface area contributed by atoms with E-state index in [0.717, 1.165) is 44.2 Å². The Morgan fingerprint density at radius 3 is 2.95 bits per heavy atom. The number of aromatic amines is 1. The van der Waals surface area contributed by atoms with Crippen molar-refractivity contribution in [2.75, 3.05) is 18.1 Å². The molecule has 0 spiro atoms. The number of piperidine rings is 1. The molecule has 2 aliphatic heterocycles. The van der Waals surface area contributed by atoms with Gasteiger partial charge in [-0.25, -0.2) is 0 Å². The molecule has 6 nitrogen and oxygen atoms in total. The molecule has 2 fully saturated rings. The quantitative estimate of drug-likeness (QED) is 0.840. The van der Waals surface area contributed by atoms with Crippen molar-refractivity contribution in [3.8, 4) is 0 Å². The summed E-state index contributed by atoms with van der Waals surface area (Å²) in [5.41, 5.74) is 6.12. The van der Waals surface area contributed by atoms with Crippen LogP contribution in [-0.4, -0.2) is 40.4 Å². The number of nitrogens with two attached hydrogens (primary N) is 1. The largest absolute Gasteiger partial charge is 0.370 e. The zero-order valence-electron chi connectivity index (χ0n) is 11.7. The van der Waals surface area contributed by atoms with Crippen LogP contribution in [0.4, 0.5) is 5.95 Å². The van der Waals surface area contributed by atoms with E-state index in [4.69, 9.17) is 10.5 Å². The molecule has 0 amide bonds. The van der Waals surface area contributed by atoms with Crippen LogP contribution in [0.3, 0.4) is 0 Å². The summed E-state index contributed by atoms with van der Waals surface area (Å²) in [6.07, 6.45) is 3.34. The maximum absolute atomic E-state index is 6.12. The molecule has 6 heteroatoms. The van der Waals surface area contributed by atoms with Gasteiger partial charge < -0.3 is 15.4 Å². The molecule has 4 unspecified atom stereocenters. The van der Waals surface area contributed by atoms with Crippen molar-refractivity contribution < 1.29 is 4.74 Å². The molecule has 1 aromatic heterocycles. The van der Waals surface area contributed by atoms with Crippen LogP contribution in [0.2, 0.25) is 0 Å². The molecular weight excluding hydrogens is 242 g/mol. The Morgan fingerprint density at radius 1 is 1.37 bits per heavy atom. The summed E-state index contributed by atoms with van der Waals surface area (Å²) in [5, 5.41) is 7.40. The standard InChI is InChI=1S/C13H23N5O/c1-8-5-7-19-11(8)12-15-13(17-16-12)18-6-3-4-10(14)9(18)2/h8-11H,3-7,14H2,1-2H3,(H,15,16,17). The zero-order chi connectivity index (χ0) is 13.4. The highest BCUT2D eigenvalue weighted by molar-refractivity contribution is 5.32. The number of aromatic nitrogens is 3. The average Bonchev–Trinajstić information content (AvgIpc) is 3.01. The van der Waals surface area contributed by atoms with Crippen molar-refractivity contribution in [1.29, 1.82) is 0 Å². The van der Waals surface area contributed by atoms with Gasteiger partial charge in [0, 0.05) is 25.2 Å². The highest BCUT2D eigenvalue weighted by Gasteiger charge is 2.31. The van der Waals surface area contributed by atoms with Gasteiger partial charge in [-0.1, -0.05) is 6.92 Å². The Kier molecular flexibility index (Phi) is 3.45. The van der Waals surface area contributed by atoms with E-state index in [2.05, 4.69) is 33.9 Å². The summed E-state index contributed by atoms with van der Waals surface area (Å²) in [6, 6.07) is 0.497. The number of nitrogens with one attached hydrogen (secondary N) is 1. The lowest BCUT2D eigenvalue weighted by Gasteiger charge is -2.36. The zero-order valence-corrected chi connectivity index (χ0v) is 11.7. The van der Waals surface area contributed by atoms with Gasteiger partial charge in [0.05, 0.1) is 0 Å². The van der Waals surface area contributed by atoms with Crippen molar-refractivity contribution in [1.82, 2.24) is 15.2 Å². The minimum absolute atomic E-state index is 0.0648. The number of anilines is 1. The van der Waals surface area contributed by atoms with Crippen molar-refractivity contribution in [2.45, 2.75) is 51.3 Å². The van der Waals surface area contributed by atoms with Crippen molar-refractivity contribution in [3.05, 3.63) is 5.82 Å². The normalized spacial score (nSPS) is 35.8. The lowest BCUT2D eigenvalue weighted by Crippen LogP contribution is -2.51. The van der Waals surface area contributed by atoms with Gasteiger partial charge in [0.1, 0.15) is 6.10 Å². The van der Waals surface area contributed by atoms with Crippen molar-refractivity contribution in [2.24, 2.45) is 11.7 Å². The number of hydrogen-bond acceptors (Lipinski definition) is 5. The first-order valence-electron chi connectivity index (χ1n) is 7.23. The van der Waals surface area contributed by atoms with Gasteiger partial charge in [0.15, 0.2) is 5.82 Å². The van der Waals surface area contributed by atoms with E-state index < -0.39 is 0 Å². The number of H-pyrrole nitrogens is 1. The Morgan fingerprint density at radius 2 is 2.21 bits per heavy atom.